The van der Waals surface area contributed by atoms with Crippen LogP contribution in [0.5, 0.6) is 0 Å². The predicted molar refractivity (Wildman–Crippen MR) is 60.3 cm³/mol. The number of furan rings is 1. The summed E-state index contributed by atoms with van der Waals surface area (Å²) in [6, 6.07) is 7.36. The van der Waals surface area contributed by atoms with Crippen molar-refractivity contribution in [3.05, 3.63) is 36.1 Å². The van der Waals surface area contributed by atoms with E-state index in [9.17, 15) is 9.59 Å². The van der Waals surface area contributed by atoms with Gasteiger partial charge in [-0.25, -0.2) is 0 Å². The molecule has 0 saturated heterocycles. The van der Waals surface area contributed by atoms with Crippen LogP contribution in [0.1, 0.15) is 12.0 Å². The number of rotatable bonds is 4. The van der Waals surface area contributed by atoms with Crippen molar-refractivity contribution in [2.75, 3.05) is 0 Å². The molecule has 2 aromatic rings. The van der Waals surface area contributed by atoms with Gasteiger partial charge in [0.2, 0.25) is 5.91 Å². The summed E-state index contributed by atoms with van der Waals surface area (Å²) in [7, 11) is 0. The second-order valence-electron chi connectivity index (χ2n) is 3.64. The molecule has 17 heavy (non-hydrogen) atoms. The van der Waals surface area contributed by atoms with Crippen molar-refractivity contribution < 1.29 is 19.1 Å². The van der Waals surface area contributed by atoms with Crippen molar-refractivity contribution in [1.82, 2.24) is 5.32 Å². The van der Waals surface area contributed by atoms with Gasteiger partial charge >= 0.3 is 5.97 Å². The van der Waals surface area contributed by atoms with Gasteiger partial charge in [0.15, 0.2) is 0 Å². The van der Waals surface area contributed by atoms with Crippen LogP contribution >= 0.6 is 0 Å². The Kier molecular flexibility index (Phi) is 3.09. The second kappa shape index (κ2) is 4.69. The number of benzene rings is 1. The Hall–Kier alpha value is -2.30. The number of aliphatic carboxylic acids is 1. The Bertz CT molecular complexity index is 558. The van der Waals surface area contributed by atoms with Crippen LogP contribution in [-0.4, -0.2) is 17.0 Å². The van der Waals surface area contributed by atoms with Gasteiger partial charge < -0.3 is 14.8 Å². The van der Waals surface area contributed by atoms with Crippen LogP contribution in [-0.2, 0) is 16.1 Å². The Morgan fingerprint density at radius 3 is 2.88 bits per heavy atom. The van der Waals surface area contributed by atoms with Gasteiger partial charge in [-0.15, -0.1) is 0 Å². The standard InChI is InChI=1S/C12H11NO4/c14-11(6-12(15)16)13-7-8-1-2-10-9(5-8)3-4-17-10/h1-5H,6-7H2,(H,13,14)(H,15,16). The summed E-state index contributed by atoms with van der Waals surface area (Å²) in [4.78, 5) is 21.4. The quantitative estimate of drug-likeness (QED) is 0.785. The average Bonchev–Trinajstić information content (AvgIpc) is 2.72. The van der Waals surface area contributed by atoms with Gasteiger partial charge in [0, 0.05) is 11.9 Å². The fourth-order valence-corrected chi connectivity index (χ4v) is 1.53. The van der Waals surface area contributed by atoms with Crippen LogP contribution in [0.25, 0.3) is 11.0 Å². The van der Waals surface area contributed by atoms with Crippen LogP contribution in [0.15, 0.2) is 34.9 Å². The van der Waals surface area contributed by atoms with Crippen molar-refractivity contribution in [1.29, 1.82) is 0 Å². The van der Waals surface area contributed by atoms with E-state index in [1.165, 1.54) is 0 Å². The molecule has 1 aromatic heterocycles. The van der Waals surface area contributed by atoms with E-state index in [2.05, 4.69) is 5.32 Å². The summed E-state index contributed by atoms with van der Waals surface area (Å²) in [5.41, 5.74) is 1.68. The first-order valence-corrected chi connectivity index (χ1v) is 5.10. The van der Waals surface area contributed by atoms with Crippen LogP contribution in [0, 0.1) is 0 Å². The highest BCUT2D eigenvalue weighted by Gasteiger charge is 2.07. The summed E-state index contributed by atoms with van der Waals surface area (Å²) < 4.78 is 5.19. The molecule has 0 aliphatic heterocycles. The molecule has 0 spiro atoms. The Morgan fingerprint density at radius 1 is 1.29 bits per heavy atom. The first kappa shape index (κ1) is 11.2. The first-order valence-electron chi connectivity index (χ1n) is 5.10. The lowest BCUT2D eigenvalue weighted by molar-refractivity contribution is -0.140. The highest BCUT2D eigenvalue weighted by molar-refractivity contribution is 5.93. The SMILES string of the molecule is O=C(O)CC(=O)NCc1ccc2occc2c1. The predicted octanol–water partition coefficient (Wildman–Crippen LogP) is 1.52. The summed E-state index contributed by atoms with van der Waals surface area (Å²) in [5, 5.41) is 11.9. The minimum Gasteiger partial charge on any atom is -0.481 e. The third-order valence-electron chi connectivity index (χ3n) is 2.32. The number of hydrogen-bond donors (Lipinski definition) is 2. The van der Waals surface area contributed by atoms with Gasteiger partial charge in [-0.05, 0) is 23.8 Å². The number of carboxylic acid groups (broad SMARTS) is 1. The fourth-order valence-electron chi connectivity index (χ4n) is 1.53. The summed E-state index contributed by atoms with van der Waals surface area (Å²) in [6.07, 6.45) is 1.09. The molecule has 0 radical (unpaired) electrons. The van der Waals surface area contributed by atoms with E-state index in [4.69, 9.17) is 9.52 Å². The number of nitrogens with one attached hydrogen (secondary N) is 1. The molecule has 0 bridgehead atoms. The van der Waals surface area contributed by atoms with Crippen molar-refractivity contribution in [3.63, 3.8) is 0 Å². The number of carbonyl (C=O) groups is 2. The van der Waals surface area contributed by atoms with Crippen molar-refractivity contribution in [2.45, 2.75) is 13.0 Å². The normalized spacial score (nSPS) is 10.4. The molecule has 0 aliphatic carbocycles. The third kappa shape index (κ3) is 2.84. The zero-order valence-corrected chi connectivity index (χ0v) is 8.97. The Balaban J connectivity index is 1.98. The van der Waals surface area contributed by atoms with Crippen LogP contribution in [0.4, 0.5) is 0 Å². The molecular weight excluding hydrogens is 222 g/mol. The van der Waals surface area contributed by atoms with E-state index in [0.717, 1.165) is 16.5 Å². The zero-order valence-electron chi connectivity index (χ0n) is 8.97. The largest absolute Gasteiger partial charge is 0.481 e. The molecule has 1 aromatic carbocycles. The van der Waals surface area contributed by atoms with Crippen molar-refractivity contribution >= 4 is 22.8 Å². The maximum Gasteiger partial charge on any atom is 0.312 e. The van der Waals surface area contributed by atoms with Gasteiger partial charge in [0.1, 0.15) is 12.0 Å². The van der Waals surface area contributed by atoms with E-state index < -0.39 is 18.3 Å². The fraction of sp³-hybridized carbons (Fsp3) is 0.167. The van der Waals surface area contributed by atoms with Gasteiger partial charge in [-0.1, -0.05) is 6.07 Å². The minimum absolute atomic E-state index is 0.313. The summed E-state index contributed by atoms with van der Waals surface area (Å²) in [6.45, 7) is 0.313. The average molecular weight is 233 g/mol. The maximum absolute atomic E-state index is 11.1. The van der Waals surface area contributed by atoms with Gasteiger partial charge in [0.05, 0.1) is 6.26 Å². The molecule has 5 heteroatoms. The smallest absolute Gasteiger partial charge is 0.312 e. The molecule has 0 fully saturated rings. The molecule has 88 valence electrons. The Labute approximate surface area is 97.0 Å². The molecule has 5 nitrogen and oxygen atoms in total. The summed E-state index contributed by atoms with van der Waals surface area (Å²) in [5.74, 6) is -1.63. The molecule has 0 saturated carbocycles. The molecule has 2 rings (SSSR count). The molecule has 0 unspecified atom stereocenters. The number of carbonyl (C=O) groups excluding carboxylic acids is 1. The highest BCUT2D eigenvalue weighted by Crippen LogP contribution is 2.16. The topological polar surface area (TPSA) is 79.5 Å². The van der Waals surface area contributed by atoms with E-state index in [1.807, 2.05) is 24.3 Å². The second-order valence-corrected chi connectivity index (χ2v) is 3.64. The van der Waals surface area contributed by atoms with Crippen LogP contribution in [0.2, 0.25) is 0 Å². The molecule has 1 amide bonds. The van der Waals surface area contributed by atoms with E-state index in [-0.39, 0.29) is 0 Å². The minimum atomic E-state index is -1.13. The molecule has 0 aliphatic rings. The zero-order chi connectivity index (χ0) is 12.3. The number of amides is 1. The number of fused-ring (bicyclic) bond motifs is 1. The van der Waals surface area contributed by atoms with Gasteiger partial charge in [-0.2, -0.15) is 0 Å². The Morgan fingerprint density at radius 2 is 2.12 bits per heavy atom. The molecule has 2 N–H and O–H groups in total. The first-order chi connectivity index (χ1) is 8.15. The molecular formula is C12H11NO4. The lowest BCUT2D eigenvalue weighted by Crippen LogP contribution is -2.24. The summed E-state index contributed by atoms with van der Waals surface area (Å²) >= 11 is 0. The molecule has 1 heterocycles. The van der Waals surface area contributed by atoms with Gasteiger partial charge in [0.25, 0.3) is 0 Å². The van der Waals surface area contributed by atoms with E-state index in [0.29, 0.717) is 6.54 Å². The van der Waals surface area contributed by atoms with E-state index in [1.54, 1.807) is 6.26 Å². The number of carboxylic acids is 1. The highest BCUT2D eigenvalue weighted by atomic mass is 16.4. The number of hydrogen-bond acceptors (Lipinski definition) is 3. The molecule has 0 atom stereocenters. The van der Waals surface area contributed by atoms with Crippen molar-refractivity contribution in [2.24, 2.45) is 0 Å². The third-order valence-corrected chi connectivity index (χ3v) is 2.32. The van der Waals surface area contributed by atoms with Crippen molar-refractivity contribution in [3.8, 4) is 0 Å². The lowest BCUT2D eigenvalue weighted by atomic mass is 10.1. The monoisotopic (exact) mass is 233 g/mol. The van der Waals surface area contributed by atoms with E-state index >= 15 is 0 Å². The maximum atomic E-state index is 11.1. The van der Waals surface area contributed by atoms with Gasteiger partial charge in [-0.3, -0.25) is 9.59 Å². The lowest BCUT2D eigenvalue weighted by Gasteiger charge is -2.03. The van der Waals surface area contributed by atoms with Crippen LogP contribution < -0.4 is 5.32 Å². The van der Waals surface area contributed by atoms with Crippen LogP contribution in [0.3, 0.4) is 0 Å².